The van der Waals surface area contributed by atoms with Crippen LogP contribution in [0.3, 0.4) is 0 Å². The van der Waals surface area contributed by atoms with E-state index in [9.17, 15) is 0 Å². The maximum atomic E-state index is 2.43. The lowest BCUT2D eigenvalue weighted by Crippen LogP contribution is -2.32. The Morgan fingerprint density at radius 1 is 0.882 bits per heavy atom. The van der Waals surface area contributed by atoms with Crippen molar-refractivity contribution in [2.45, 2.75) is 73.5 Å². The van der Waals surface area contributed by atoms with Crippen molar-refractivity contribution in [3.63, 3.8) is 0 Å². The molecule has 1 heteroatoms. The summed E-state index contributed by atoms with van der Waals surface area (Å²) in [7, 11) is 0. The van der Waals surface area contributed by atoms with E-state index in [1.54, 1.807) is 0 Å². The van der Waals surface area contributed by atoms with Gasteiger partial charge in [-0.3, -0.25) is 0 Å². The third kappa shape index (κ3) is 6.18. The third-order valence-electron chi connectivity index (χ3n) is 4.37. The van der Waals surface area contributed by atoms with Gasteiger partial charge < -0.3 is 0 Å². The molecule has 0 rings (SSSR count). The molecule has 0 aromatic rings. The Hall–Kier alpha value is 0.350. The minimum absolute atomic E-state index is 0.399. The quantitative estimate of drug-likeness (QED) is 0.551. The average Bonchev–Trinajstić information content (AvgIpc) is 2.13. The van der Waals surface area contributed by atoms with E-state index in [1.807, 2.05) is 0 Å². The van der Waals surface area contributed by atoms with Gasteiger partial charge >= 0.3 is 0 Å². The second-order valence-electron chi connectivity index (χ2n) is 7.56. The topological polar surface area (TPSA) is 0 Å². The molecule has 1 atom stereocenters. The van der Waals surface area contributed by atoms with Gasteiger partial charge in [0.25, 0.3) is 0 Å². The molecular formula is C16H34S. The van der Waals surface area contributed by atoms with Crippen LogP contribution in [0.25, 0.3) is 0 Å². The van der Waals surface area contributed by atoms with Crippen LogP contribution in [0.4, 0.5) is 0 Å². The molecule has 104 valence electrons. The van der Waals surface area contributed by atoms with Crippen molar-refractivity contribution in [2.75, 3.05) is 5.75 Å². The first-order valence-electron chi connectivity index (χ1n) is 7.13. The lowest BCUT2D eigenvalue weighted by Gasteiger charge is -2.39. The number of hydrogen-bond donors (Lipinski definition) is 0. The number of hydrogen-bond acceptors (Lipinski definition) is 1. The van der Waals surface area contributed by atoms with Crippen LogP contribution in [0, 0.1) is 23.2 Å². The first-order chi connectivity index (χ1) is 7.49. The highest BCUT2D eigenvalue weighted by Gasteiger charge is 2.33. The molecule has 0 heterocycles. The maximum absolute atomic E-state index is 2.43. The molecule has 0 aliphatic heterocycles. The van der Waals surface area contributed by atoms with Crippen LogP contribution in [-0.4, -0.2) is 10.5 Å². The van der Waals surface area contributed by atoms with Gasteiger partial charge in [-0.1, -0.05) is 62.3 Å². The van der Waals surface area contributed by atoms with E-state index in [2.05, 4.69) is 74.1 Å². The minimum Gasteiger partial charge on any atom is -0.155 e. The van der Waals surface area contributed by atoms with Crippen LogP contribution in [0.1, 0.15) is 68.7 Å². The van der Waals surface area contributed by atoms with Crippen LogP contribution >= 0.6 is 11.8 Å². The van der Waals surface area contributed by atoms with Crippen molar-refractivity contribution in [3.8, 4) is 0 Å². The molecule has 1 unspecified atom stereocenters. The normalized spacial score (nSPS) is 15.7. The molecule has 0 aromatic carbocycles. The van der Waals surface area contributed by atoms with Gasteiger partial charge in [0, 0.05) is 4.75 Å². The summed E-state index contributed by atoms with van der Waals surface area (Å²) in [6.07, 6.45) is 1.32. The molecule has 0 aliphatic carbocycles. The summed E-state index contributed by atoms with van der Waals surface area (Å²) >= 11 is 2.15. The monoisotopic (exact) mass is 258 g/mol. The van der Waals surface area contributed by atoms with Gasteiger partial charge in [0.2, 0.25) is 0 Å². The Morgan fingerprint density at radius 3 is 1.71 bits per heavy atom. The third-order valence-corrected chi connectivity index (χ3v) is 6.35. The Kier molecular flexibility index (Phi) is 6.63. The fourth-order valence-corrected chi connectivity index (χ4v) is 2.93. The molecule has 0 amide bonds. The fraction of sp³-hybridized carbons (Fsp3) is 1.00. The summed E-state index contributed by atoms with van der Waals surface area (Å²) in [6.45, 7) is 21.4. The van der Waals surface area contributed by atoms with Crippen molar-refractivity contribution in [3.05, 3.63) is 0 Å². The lowest BCUT2D eigenvalue weighted by atomic mass is 9.72. The van der Waals surface area contributed by atoms with Gasteiger partial charge in [0.05, 0.1) is 0 Å². The Labute approximate surface area is 114 Å². The average molecular weight is 259 g/mol. The van der Waals surface area contributed by atoms with Crippen LogP contribution in [0.15, 0.2) is 0 Å². The summed E-state index contributed by atoms with van der Waals surface area (Å²) in [6, 6.07) is 0. The van der Waals surface area contributed by atoms with E-state index < -0.39 is 0 Å². The summed E-state index contributed by atoms with van der Waals surface area (Å²) in [5.41, 5.74) is 0.453. The van der Waals surface area contributed by atoms with E-state index in [0.29, 0.717) is 10.2 Å². The van der Waals surface area contributed by atoms with Gasteiger partial charge in [-0.05, 0) is 35.3 Å². The van der Waals surface area contributed by atoms with Crippen molar-refractivity contribution in [1.82, 2.24) is 0 Å². The Bertz CT molecular complexity index is 214. The fourth-order valence-electron chi connectivity index (χ4n) is 1.79. The van der Waals surface area contributed by atoms with Crippen molar-refractivity contribution in [1.29, 1.82) is 0 Å². The Balaban J connectivity index is 4.42. The zero-order valence-corrected chi connectivity index (χ0v) is 14.4. The van der Waals surface area contributed by atoms with Crippen LogP contribution in [0.2, 0.25) is 0 Å². The van der Waals surface area contributed by atoms with Crippen LogP contribution in [-0.2, 0) is 0 Å². The van der Waals surface area contributed by atoms with Gasteiger partial charge in [0.1, 0.15) is 0 Å². The van der Waals surface area contributed by atoms with Crippen molar-refractivity contribution in [2.24, 2.45) is 23.2 Å². The van der Waals surface area contributed by atoms with Gasteiger partial charge in [-0.15, -0.1) is 0 Å². The molecule has 0 aliphatic rings. The lowest BCUT2D eigenvalue weighted by molar-refractivity contribution is 0.180. The smallest absolute Gasteiger partial charge is 0.0129 e. The minimum atomic E-state index is 0.399. The molecule has 0 radical (unpaired) electrons. The molecule has 0 bridgehead atoms. The van der Waals surface area contributed by atoms with Crippen LogP contribution < -0.4 is 0 Å². The second-order valence-corrected chi connectivity index (χ2v) is 9.23. The van der Waals surface area contributed by atoms with Crippen LogP contribution in [0.5, 0.6) is 0 Å². The van der Waals surface area contributed by atoms with E-state index in [-0.39, 0.29) is 0 Å². The summed E-state index contributed by atoms with van der Waals surface area (Å²) in [5.74, 6) is 3.60. The highest BCUT2D eigenvalue weighted by atomic mass is 32.2. The molecule has 0 nitrogen and oxygen atoms in total. The Morgan fingerprint density at radius 2 is 1.35 bits per heavy atom. The van der Waals surface area contributed by atoms with Gasteiger partial charge in [-0.25, -0.2) is 0 Å². The van der Waals surface area contributed by atoms with Gasteiger partial charge in [0.15, 0.2) is 0 Å². The number of rotatable bonds is 7. The largest absolute Gasteiger partial charge is 0.155 e. The highest BCUT2D eigenvalue weighted by molar-refractivity contribution is 8.00. The molecule has 0 saturated heterocycles. The zero-order chi connectivity index (χ0) is 13.9. The molecular weight excluding hydrogens is 224 g/mol. The maximum Gasteiger partial charge on any atom is 0.0129 e. The first-order valence-corrected chi connectivity index (χ1v) is 8.11. The summed E-state index contributed by atoms with van der Waals surface area (Å²) < 4.78 is 0.399. The molecule has 0 spiro atoms. The van der Waals surface area contributed by atoms with E-state index >= 15 is 0 Å². The molecule has 0 fully saturated rings. The zero-order valence-electron chi connectivity index (χ0n) is 13.6. The standard InChI is InChI=1S/C16H34S/c1-12(2)11-17-16(8,9)14(5)10-15(6,7)13(3)4/h12-14H,10-11H2,1-9H3. The van der Waals surface area contributed by atoms with E-state index in [4.69, 9.17) is 0 Å². The summed E-state index contributed by atoms with van der Waals surface area (Å²) in [4.78, 5) is 0. The molecule has 0 saturated carbocycles. The predicted octanol–water partition coefficient (Wildman–Crippen LogP) is 5.86. The molecule has 17 heavy (non-hydrogen) atoms. The van der Waals surface area contributed by atoms with Crippen molar-refractivity contribution < 1.29 is 0 Å². The first kappa shape index (κ1) is 17.4. The van der Waals surface area contributed by atoms with E-state index in [1.165, 1.54) is 12.2 Å². The van der Waals surface area contributed by atoms with E-state index in [0.717, 1.165) is 17.8 Å². The second kappa shape index (κ2) is 6.50. The number of thioether (sulfide) groups is 1. The SMILES string of the molecule is CC(C)CSC(C)(C)C(C)CC(C)(C)C(C)C. The highest BCUT2D eigenvalue weighted by Crippen LogP contribution is 2.42. The van der Waals surface area contributed by atoms with Crippen molar-refractivity contribution >= 4 is 11.8 Å². The molecule has 0 aromatic heterocycles. The summed E-state index contributed by atoms with van der Waals surface area (Å²) in [5, 5.41) is 0. The predicted molar refractivity (Wildman–Crippen MR) is 83.8 cm³/mol. The molecule has 0 N–H and O–H groups in total. The van der Waals surface area contributed by atoms with Gasteiger partial charge in [-0.2, -0.15) is 11.8 Å².